The van der Waals surface area contributed by atoms with Crippen LogP contribution in [0.15, 0.2) is 24.3 Å². The highest BCUT2D eigenvalue weighted by Gasteiger charge is 2.27. The Bertz CT molecular complexity index is 642. The Balaban J connectivity index is 2.50. The molecule has 0 saturated carbocycles. The molecule has 0 spiro atoms. The fourth-order valence-electron chi connectivity index (χ4n) is 1.43. The number of aryl methyl sites for hydroxylation is 1. The van der Waals surface area contributed by atoms with Crippen molar-refractivity contribution in [1.82, 2.24) is 15.0 Å². The highest BCUT2D eigenvalue weighted by atomic mass is 35.6. The second-order valence-electron chi connectivity index (χ2n) is 3.72. The lowest BCUT2D eigenvalue weighted by atomic mass is 10.1. The highest BCUT2D eigenvalue weighted by molar-refractivity contribution is 6.66. The molecule has 0 bridgehead atoms. The summed E-state index contributed by atoms with van der Waals surface area (Å²) >= 11 is 17.3. The maximum absolute atomic E-state index is 8.75. The second-order valence-corrected chi connectivity index (χ2v) is 6.00. The van der Waals surface area contributed by atoms with Gasteiger partial charge < -0.3 is 0 Å². The van der Waals surface area contributed by atoms with E-state index in [-0.39, 0.29) is 5.82 Å². The van der Waals surface area contributed by atoms with Crippen LogP contribution in [-0.4, -0.2) is 15.0 Å². The molecule has 4 nitrogen and oxygen atoms in total. The van der Waals surface area contributed by atoms with Gasteiger partial charge in [-0.05, 0) is 31.2 Å². The fourth-order valence-corrected chi connectivity index (χ4v) is 1.69. The molecule has 0 unspecified atom stereocenters. The van der Waals surface area contributed by atoms with Crippen LogP contribution in [0.1, 0.15) is 17.2 Å². The standard InChI is InChI=1S/C12H7Cl3N4/c1-7-17-10(19-11(18-7)12(13,14)15)9-4-2-8(6-16)3-5-9/h2-5H,1H3. The van der Waals surface area contributed by atoms with Crippen molar-refractivity contribution in [3.8, 4) is 17.5 Å². The monoisotopic (exact) mass is 312 g/mol. The van der Waals surface area contributed by atoms with Crippen molar-refractivity contribution in [3.05, 3.63) is 41.5 Å². The summed E-state index contributed by atoms with van der Waals surface area (Å²) in [4.78, 5) is 12.3. The summed E-state index contributed by atoms with van der Waals surface area (Å²) in [5.41, 5.74) is 1.27. The summed E-state index contributed by atoms with van der Waals surface area (Å²) in [6, 6.07) is 8.84. The Morgan fingerprint density at radius 3 is 2.21 bits per heavy atom. The van der Waals surface area contributed by atoms with E-state index in [4.69, 9.17) is 40.1 Å². The number of aromatic nitrogens is 3. The van der Waals surface area contributed by atoms with Gasteiger partial charge in [-0.25, -0.2) is 15.0 Å². The van der Waals surface area contributed by atoms with E-state index in [0.717, 1.165) is 5.56 Å². The minimum atomic E-state index is -1.70. The molecule has 1 aromatic carbocycles. The zero-order valence-corrected chi connectivity index (χ0v) is 12.0. The van der Waals surface area contributed by atoms with Gasteiger partial charge in [-0.3, -0.25) is 0 Å². The summed E-state index contributed by atoms with van der Waals surface area (Å²) < 4.78 is -1.70. The molecule has 0 atom stereocenters. The van der Waals surface area contributed by atoms with E-state index in [1.807, 2.05) is 6.07 Å². The SMILES string of the molecule is Cc1nc(-c2ccc(C#N)cc2)nc(C(Cl)(Cl)Cl)n1. The van der Waals surface area contributed by atoms with Gasteiger partial charge in [0.05, 0.1) is 11.6 Å². The van der Waals surface area contributed by atoms with E-state index in [9.17, 15) is 0 Å². The number of hydrogen-bond acceptors (Lipinski definition) is 4. The summed E-state index contributed by atoms with van der Waals surface area (Å²) in [6.45, 7) is 1.69. The largest absolute Gasteiger partial charge is 0.250 e. The number of rotatable bonds is 1. The van der Waals surface area contributed by atoms with Crippen LogP contribution in [-0.2, 0) is 3.79 Å². The van der Waals surface area contributed by atoms with Gasteiger partial charge in [0, 0.05) is 5.56 Å². The predicted octanol–water partition coefficient (Wildman–Crippen LogP) is 3.55. The van der Waals surface area contributed by atoms with Crippen LogP contribution < -0.4 is 0 Å². The molecule has 1 aromatic heterocycles. The molecule has 0 N–H and O–H groups in total. The van der Waals surface area contributed by atoms with Gasteiger partial charge in [0.15, 0.2) is 11.6 Å². The maximum Gasteiger partial charge on any atom is 0.250 e. The van der Waals surface area contributed by atoms with E-state index < -0.39 is 3.79 Å². The molecule has 0 fully saturated rings. The number of nitrogens with zero attached hydrogens (tertiary/aromatic N) is 4. The number of hydrogen-bond donors (Lipinski definition) is 0. The Morgan fingerprint density at radius 1 is 1.05 bits per heavy atom. The minimum absolute atomic E-state index is 0.0735. The normalized spacial score (nSPS) is 11.1. The first-order valence-corrected chi connectivity index (χ1v) is 6.34. The topological polar surface area (TPSA) is 62.5 Å². The molecule has 19 heavy (non-hydrogen) atoms. The summed E-state index contributed by atoms with van der Waals surface area (Å²) in [6.07, 6.45) is 0. The van der Waals surface area contributed by atoms with Crippen molar-refractivity contribution in [2.45, 2.75) is 10.7 Å². The second kappa shape index (κ2) is 5.30. The van der Waals surface area contributed by atoms with Crippen LogP contribution in [0.3, 0.4) is 0 Å². The third kappa shape index (κ3) is 3.32. The Hall–Kier alpha value is -1.41. The van der Waals surface area contributed by atoms with E-state index in [1.165, 1.54) is 0 Å². The van der Waals surface area contributed by atoms with Gasteiger partial charge in [-0.1, -0.05) is 34.8 Å². The zero-order chi connectivity index (χ0) is 14.0. The van der Waals surface area contributed by atoms with Crippen LogP contribution in [0.2, 0.25) is 0 Å². The number of benzene rings is 1. The summed E-state index contributed by atoms with van der Waals surface area (Å²) in [7, 11) is 0. The van der Waals surface area contributed by atoms with E-state index in [1.54, 1.807) is 31.2 Å². The zero-order valence-electron chi connectivity index (χ0n) is 9.73. The van der Waals surface area contributed by atoms with Crippen molar-refractivity contribution in [3.63, 3.8) is 0 Å². The number of halogens is 3. The molecule has 0 aliphatic carbocycles. The Morgan fingerprint density at radius 2 is 1.68 bits per heavy atom. The van der Waals surface area contributed by atoms with Crippen molar-refractivity contribution in [2.24, 2.45) is 0 Å². The lowest BCUT2D eigenvalue weighted by Gasteiger charge is -2.11. The molecule has 0 amide bonds. The summed E-state index contributed by atoms with van der Waals surface area (Å²) in [5.74, 6) is 0.929. The fraction of sp³-hybridized carbons (Fsp3) is 0.167. The lowest BCUT2D eigenvalue weighted by molar-refractivity contribution is 0.884. The molecule has 2 aromatic rings. The van der Waals surface area contributed by atoms with Gasteiger partial charge >= 0.3 is 0 Å². The molecule has 96 valence electrons. The minimum Gasteiger partial charge on any atom is -0.214 e. The first-order valence-electron chi connectivity index (χ1n) is 5.20. The molecule has 7 heteroatoms. The number of alkyl halides is 3. The van der Waals surface area contributed by atoms with Crippen molar-refractivity contribution >= 4 is 34.8 Å². The predicted molar refractivity (Wildman–Crippen MR) is 74.0 cm³/mol. The molecular weight excluding hydrogens is 307 g/mol. The molecule has 0 aliphatic rings. The van der Waals surface area contributed by atoms with Crippen LogP contribution in [0, 0.1) is 18.3 Å². The highest BCUT2D eigenvalue weighted by Crippen LogP contribution is 2.36. The quantitative estimate of drug-likeness (QED) is 0.755. The van der Waals surface area contributed by atoms with Crippen LogP contribution in [0.25, 0.3) is 11.4 Å². The lowest BCUT2D eigenvalue weighted by Crippen LogP contribution is -2.11. The first-order chi connectivity index (χ1) is 8.90. The molecule has 0 radical (unpaired) electrons. The van der Waals surface area contributed by atoms with Gasteiger partial charge in [0.1, 0.15) is 5.82 Å². The van der Waals surface area contributed by atoms with Crippen LogP contribution in [0.4, 0.5) is 0 Å². The third-order valence-corrected chi connectivity index (χ3v) is 2.78. The van der Waals surface area contributed by atoms with E-state index in [0.29, 0.717) is 17.2 Å². The van der Waals surface area contributed by atoms with Crippen molar-refractivity contribution in [2.75, 3.05) is 0 Å². The molecule has 2 rings (SSSR count). The molecule has 0 aliphatic heterocycles. The average Bonchev–Trinajstić information content (AvgIpc) is 2.37. The summed E-state index contributed by atoms with van der Waals surface area (Å²) in [5, 5.41) is 8.75. The molecular formula is C12H7Cl3N4. The van der Waals surface area contributed by atoms with Crippen LogP contribution >= 0.6 is 34.8 Å². The number of nitriles is 1. The van der Waals surface area contributed by atoms with E-state index >= 15 is 0 Å². The van der Waals surface area contributed by atoms with Gasteiger partial charge in [-0.15, -0.1) is 0 Å². The molecule has 1 heterocycles. The first kappa shape index (κ1) is 14.0. The van der Waals surface area contributed by atoms with Gasteiger partial charge in [0.2, 0.25) is 3.79 Å². The average molecular weight is 314 g/mol. The third-order valence-electron chi connectivity index (χ3n) is 2.27. The van der Waals surface area contributed by atoms with E-state index in [2.05, 4.69) is 15.0 Å². The smallest absolute Gasteiger partial charge is 0.214 e. The van der Waals surface area contributed by atoms with Crippen LogP contribution in [0.5, 0.6) is 0 Å². The maximum atomic E-state index is 8.75. The van der Waals surface area contributed by atoms with Gasteiger partial charge in [0.25, 0.3) is 0 Å². The Kier molecular flexibility index (Phi) is 3.91. The van der Waals surface area contributed by atoms with Crippen molar-refractivity contribution < 1.29 is 0 Å². The van der Waals surface area contributed by atoms with Gasteiger partial charge in [-0.2, -0.15) is 5.26 Å². The molecule has 0 saturated heterocycles. The van der Waals surface area contributed by atoms with Crippen molar-refractivity contribution in [1.29, 1.82) is 5.26 Å². The Labute approximate surface area is 125 Å².